The Kier molecular flexibility index (Phi) is 2.81. The van der Waals surface area contributed by atoms with Gasteiger partial charge < -0.3 is 5.32 Å². The van der Waals surface area contributed by atoms with Gasteiger partial charge in [-0.05, 0) is 56.0 Å². The van der Waals surface area contributed by atoms with E-state index in [1.807, 2.05) is 6.92 Å². The van der Waals surface area contributed by atoms with Crippen LogP contribution in [0.25, 0.3) is 10.9 Å². The average Bonchev–Trinajstić information content (AvgIpc) is 3.13. The lowest BCUT2D eigenvalue weighted by molar-refractivity contribution is 0.639. The molecule has 0 bridgehead atoms. The van der Waals surface area contributed by atoms with Gasteiger partial charge in [-0.1, -0.05) is 12.1 Å². The second-order valence-electron chi connectivity index (χ2n) is 5.05. The molecule has 1 saturated carbocycles. The molecular formula is C15H18N2. The smallest absolute Gasteiger partial charge is 0.0705 e. The lowest BCUT2D eigenvalue weighted by atomic mass is 10.1. The molecule has 0 unspecified atom stereocenters. The molecular weight excluding hydrogens is 208 g/mol. The third kappa shape index (κ3) is 2.64. The van der Waals surface area contributed by atoms with E-state index < -0.39 is 0 Å². The first-order valence-electron chi connectivity index (χ1n) is 6.38. The monoisotopic (exact) mass is 226 g/mol. The van der Waals surface area contributed by atoms with E-state index in [4.69, 9.17) is 0 Å². The summed E-state index contributed by atoms with van der Waals surface area (Å²) in [6.07, 6.45) is 2.82. The van der Waals surface area contributed by atoms with E-state index in [-0.39, 0.29) is 0 Å². The topological polar surface area (TPSA) is 24.9 Å². The normalized spacial score (nSPS) is 15.4. The highest BCUT2D eigenvalue weighted by molar-refractivity contribution is 5.79. The summed E-state index contributed by atoms with van der Waals surface area (Å²) in [4.78, 5) is 4.51. The molecule has 0 atom stereocenters. The van der Waals surface area contributed by atoms with Crippen LogP contribution in [0, 0.1) is 12.8 Å². The number of benzene rings is 1. The Morgan fingerprint density at radius 2 is 2.12 bits per heavy atom. The third-order valence-electron chi connectivity index (χ3n) is 3.35. The maximum Gasteiger partial charge on any atom is 0.0705 e. The quantitative estimate of drug-likeness (QED) is 0.866. The Labute approximate surface area is 102 Å². The number of hydrogen-bond donors (Lipinski definition) is 1. The molecule has 0 amide bonds. The van der Waals surface area contributed by atoms with Crippen molar-refractivity contribution in [2.75, 3.05) is 6.54 Å². The fourth-order valence-electron chi connectivity index (χ4n) is 2.13. The number of hydrogen-bond acceptors (Lipinski definition) is 2. The summed E-state index contributed by atoms with van der Waals surface area (Å²) in [5.41, 5.74) is 3.52. The van der Waals surface area contributed by atoms with Crippen molar-refractivity contribution in [3.05, 3.63) is 41.6 Å². The van der Waals surface area contributed by atoms with Crippen LogP contribution in [-0.2, 0) is 6.54 Å². The highest BCUT2D eigenvalue weighted by Crippen LogP contribution is 2.27. The second kappa shape index (κ2) is 4.46. The molecule has 88 valence electrons. The Bertz CT molecular complexity index is 529. The van der Waals surface area contributed by atoms with E-state index in [0.29, 0.717) is 0 Å². The summed E-state index contributed by atoms with van der Waals surface area (Å²) >= 11 is 0. The zero-order valence-electron chi connectivity index (χ0n) is 10.2. The first kappa shape index (κ1) is 10.7. The van der Waals surface area contributed by atoms with Crippen molar-refractivity contribution in [2.45, 2.75) is 26.3 Å². The standard InChI is InChI=1S/C15H18N2/c1-11-2-6-14-8-13(5-7-15(14)17-11)10-16-9-12-3-4-12/h2,5-8,12,16H,3-4,9-10H2,1H3. The fraction of sp³-hybridized carbons (Fsp3) is 0.400. The lowest BCUT2D eigenvalue weighted by Crippen LogP contribution is -2.15. The van der Waals surface area contributed by atoms with Crippen molar-refractivity contribution >= 4 is 10.9 Å². The highest BCUT2D eigenvalue weighted by atomic mass is 14.9. The highest BCUT2D eigenvalue weighted by Gasteiger charge is 2.19. The van der Waals surface area contributed by atoms with Crippen LogP contribution in [0.4, 0.5) is 0 Å². The van der Waals surface area contributed by atoms with Crippen molar-refractivity contribution in [2.24, 2.45) is 5.92 Å². The summed E-state index contributed by atoms with van der Waals surface area (Å²) in [6, 6.07) is 10.8. The van der Waals surface area contributed by atoms with E-state index in [0.717, 1.165) is 23.7 Å². The average molecular weight is 226 g/mol. The molecule has 0 spiro atoms. The van der Waals surface area contributed by atoms with Crippen LogP contribution in [0.2, 0.25) is 0 Å². The van der Waals surface area contributed by atoms with E-state index in [1.54, 1.807) is 0 Å². The first-order valence-corrected chi connectivity index (χ1v) is 6.38. The molecule has 17 heavy (non-hydrogen) atoms. The van der Waals surface area contributed by atoms with Gasteiger partial charge in [-0.3, -0.25) is 4.98 Å². The van der Waals surface area contributed by atoms with Crippen molar-refractivity contribution < 1.29 is 0 Å². The second-order valence-corrected chi connectivity index (χ2v) is 5.05. The van der Waals surface area contributed by atoms with Crippen LogP contribution >= 0.6 is 0 Å². The number of aromatic nitrogens is 1. The zero-order valence-corrected chi connectivity index (χ0v) is 10.2. The van der Waals surface area contributed by atoms with E-state index in [1.165, 1.54) is 30.3 Å². The Morgan fingerprint density at radius 3 is 2.94 bits per heavy atom. The van der Waals surface area contributed by atoms with Gasteiger partial charge in [0, 0.05) is 17.6 Å². The molecule has 1 aromatic heterocycles. The number of nitrogens with one attached hydrogen (secondary N) is 1. The van der Waals surface area contributed by atoms with E-state index >= 15 is 0 Å². The molecule has 1 aliphatic rings. The Morgan fingerprint density at radius 1 is 1.24 bits per heavy atom. The van der Waals surface area contributed by atoms with Gasteiger partial charge in [0.1, 0.15) is 0 Å². The van der Waals surface area contributed by atoms with Crippen LogP contribution in [0.3, 0.4) is 0 Å². The van der Waals surface area contributed by atoms with Gasteiger partial charge in [0.15, 0.2) is 0 Å². The maximum absolute atomic E-state index is 4.51. The van der Waals surface area contributed by atoms with Gasteiger partial charge in [-0.25, -0.2) is 0 Å². The SMILES string of the molecule is Cc1ccc2cc(CNCC3CC3)ccc2n1. The van der Waals surface area contributed by atoms with Gasteiger partial charge in [0.2, 0.25) is 0 Å². The Balaban J connectivity index is 1.73. The van der Waals surface area contributed by atoms with Crippen LogP contribution in [-0.4, -0.2) is 11.5 Å². The molecule has 1 fully saturated rings. The third-order valence-corrected chi connectivity index (χ3v) is 3.35. The Hall–Kier alpha value is -1.41. The number of aryl methyl sites for hydroxylation is 1. The van der Waals surface area contributed by atoms with Crippen LogP contribution in [0.15, 0.2) is 30.3 Å². The molecule has 0 radical (unpaired) electrons. The fourth-order valence-corrected chi connectivity index (χ4v) is 2.13. The summed E-state index contributed by atoms with van der Waals surface area (Å²) in [6.45, 7) is 4.18. The van der Waals surface area contributed by atoms with Crippen molar-refractivity contribution in [3.8, 4) is 0 Å². The molecule has 2 heteroatoms. The molecule has 1 N–H and O–H groups in total. The predicted molar refractivity (Wildman–Crippen MR) is 70.9 cm³/mol. The van der Waals surface area contributed by atoms with Gasteiger partial charge in [-0.2, -0.15) is 0 Å². The van der Waals surface area contributed by atoms with Gasteiger partial charge in [0.05, 0.1) is 5.52 Å². The molecule has 2 nitrogen and oxygen atoms in total. The summed E-state index contributed by atoms with van der Waals surface area (Å²) in [7, 11) is 0. The van der Waals surface area contributed by atoms with Crippen LogP contribution < -0.4 is 5.32 Å². The van der Waals surface area contributed by atoms with E-state index in [2.05, 4.69) is 40.6 Å². The molecule has 2 aromatic rings. The van der Waals surface area contributed by atoms with Crippen molar-refractivity contribution in [1.29, 1.82) is 0 Å². The van der Waals surface area contributed by atoms with Gasteiger partial charge in [-0.15, -0.1) is 0 Å². The van der Waals surface area contributed by atoms with Gasteiger partial charge in [0.25, 0.3) is 0 Å². The molecule has 1 heterocycles. The first-order chi connectivity index (χ1) is 8.31. The molecule has 1 aliphatic carbocycles. The minimum absolute atomic E-state index is 0.944. The molecule has 3 rings (SSSR count). The van der Waals surface area contributed by atoms with Crippen molar-refractivity contribution in [1.82, 2.24) is 10.3 Å². The van der Waals surface area contributed by atoms with Crippen molar-refractivity contribution in [3.63, 3.8) is 0 Å². The summed E-state index contributed by atoms with van der Waals surface area (Å²) < 4.78 is 0. The van der Waals surface area contributed by atoms with Gasteiger partial charge >= 0.3 is 0 Å². The largest absolute Gasteiger partial charge is 0.312 e. The predicted octanol–water partition coefficient (Wildman–Crippen LogP) is 3.04. The molecule has 1 aromatic carbocycles. The van der Waals surface area contributed by atoms with Crippen LogP contribution in [0.1, 0.15) is 24.1 Å². The minimum atomic E-state index is 0.944. The number of fused-ring (bicyclic) bond motifs is 1. The number of pyridine rings is 1. The zero-order chi connectivity index (χ0) is 11.7. The maximum atomic E-state index is 4.51. The molecule has 0 saturated heterocycles. The van der Waals surface area contributed by atoms with E-state index in [9.17, 15) is 0 Å². The minimum Gasteiger partial charge on any atom is -0.312 e. The van der Waals surface area contributed by atoms with Crippen LogP contribution in [0.5, 0.6) is 0 Å². The number of rotatable bonds is 4. The summed E-state index contributed by atoms with van der Waals surface area (Å²) in [5.74, 6) is 0.944. The summed E-state index contributed by atoms with van der Waals surface area (Å²) in [5, 5.41) is 4.76. The number of nitrogens with zero attached hydrogens (tertiary/aromatic N) is 1. The molecule has 0 aliphatic heterocycles. The lowest BCUT2D eigenvalue weighted by Gasteiger charge is -2.05.